The highest BCUT2D eigenvalue weighted by Crippen LogP contribution is 2.35. The lowest BCUT2D eigenvalue weighted by atomic mass is 10.4. The average Bonchev–Trinajstić information content (AvgIpc) is 2.16. The van der Waals surface area contributed by atoms with Crippen molar-refractivity contribution in [2.45, 2.75) is 13.8 Å². The molecular formula is C8H18NO7P. The molecular weight excluding hydrogens is 253 g/mol. The molecule has 102 valence electrons. The summed E-state index contributed by atoms with van der Waals surface area (Å²) in [6.45, 7) is 6.71. The van der Waals surface area contributed by atoms with Crippen LogP contribution in [0.25, 0.3) is 0 Å². The van der Waals surface area contributed by atoms with Gasteiger partial charge in [0.25, 0.3) is 0 Å². The first kappa shape index (κ1) is 18.6. The van der Waals surface area contributed by atoms with Crippen molar-refractivity contribution in [2.75, 3.05) is 19.8 Å². The van der Waals surface area contributed by atoms with Gasteiger partial charge in [-0.3, -0.25) is 9.41 Å². The van der Waals surface area contributed by atoms with Gasteiger partial charge < -0.3 is 15.5 Å². The third-order valence-electron chi connectivity index (χ3n) is 0.909. The van der Waals surface area contributed by atoms with E-state index in [-0.39, 0.29) is 18.8 Å². The zero-order chi connectivity index (χ0) is 13.9. The summed E-state index contributed by atoms with van der Waals surface area (Å²) in [5, 5.41) is 0. The number of hydrogen-bond donors (Lipinski definition) is 3. The second-order valence-electron chi connectivity index (χ2n) is 2.71. The molecule has 0 fully saturated rings. The van der Waals surface area contributed by atoms with Gasteiger partial charge in [-0.25, -0.2) is 9.36 Å². The highest BCUT2D eigenvalue weighted by Gasteiger charge is 2.13. The van der Waals surface area contributed by atoms with E-state index in [4.69, 9.17) is 15.5 Å². The van der Waals surface area contributed by atoms with E-state index in [9.17, 15) is 9.36 Å². The summed E-state index contributed by atoms with van der Waals surface area (Å²) >= 11 is 0. The number of rotatable bonds is 6. The molecule has 9 heteroatoms. The molecule has 0 spiro atoms. The molecule has 4 N–H and O–H groups in total. The first-order valence-corrected chi connectivity index (χ1v) is 6.17. The lowest BCUT2D eigenvalue weighted by Gasteiger charge is -2.05. The van der Waals surface area contributed by atoms with E-state index in [1.807, 2.05) is 6.92 Å². The van der Waals surface area contributed by atoms with Gasteiger partial charge in [-0.2, -0.15) is 4.89 Å². The Kier molecular flexibility index (Phi) is 11.4. The van der Waals surface area contributed by atoms with Crippen molar-refractivity contribution in [1.29, 1.82) is 0 Å². The van der Waals surface area contributed by atoms with Gasteiger partial charge in [-0.05, 0) is 13.5 Å². The maximum Gasteiger partial charge on any atom is 0.469 e. The second-order valence-corrected chi connectivity index (χ2v) is 3.94. The van der Waals surface area contributed by atoms with Crippen LogP contribution in [0.2, 0.25) is 0 Å². The number of hydrogen-bond acceptors (Lipinski definition) is 6. The van der Waals surface area contributed by atoms with Crippen LogP contribution in [0, 0.1) is 0 Å². The number of nitrogens with two attached hydrogens (primary N) is 1. The van der Waals surface area contributed by atoms with Crippen molar-refractivity contribution in [1.82, 2.24) is 0 Å². The summed E-state index contributed by atoms with van der Waals surface area (Å²) in [4.78, 5) is 35.5. The predicted octanol–water partition coefficient (Wildman–Crippen LogP) is 0.112. The fourth-order valence-corrected chi connectivity index (χ4v) is 0.669. The Balaban J connectivity index is 0. The summed E-state index contributed by atoms with van der Waals surface area (Å²) in [6.07, 6.45) is 0. The molecule has 0 rings (SSSR count). The molecule has 0 radical (unpaired) electrons. The molecule has 0 aliphatic rings. The molecule has 0 heterocycles. The Morgan fingerprint density at radius 3 is 2.24 bits per heavy atom. The zero-order valence-electron chi connectivity index (χ0n) is 9.79. The topological polar surface area (TPSA) is 128 Å². The smallest absolute Gasteiger partial charge is 0.331 e. The molecule has 8 nitrogen and oxygen atoms in total. The molecule has 0 unspecified atom stereocenters. The van der Waals surface area contributed by atoms with E-state index in [0.717, 1.165) is 6.54 Å². The van der Waals surface area contributed by atoms with E-state index in [1.54, 1.807) is 0 Å². The van der Waals surface area contributed by atoms with Crippen LogP contribution in [0.15, 0.2) is 12.2 Å². The van der Waals surface area contributed by atoms with Gasteiger partial charge >= 0.3 is 13.8 Å². The highest BCUT2D eigenvalue weighted by atomic mass is 31.2. The number of carbonyl (C=O) groups excluding carboxylic acids is 1. The fraction of sp³-hybridized carbons (Fsp3) is 0.625. The Hall–Kier alpha value is -0.760. The van der Waals surface area contributed by atoms with Gasteiger partial charge in [0, 0.05) is 5.57 Å². The summed E-state index contributed by atoms with van der Waals surface area (Å²) < 4.78 is 14.1. The van der Waals surface area contributed by atoms with Crippen LogP contribution in [0.4, 0.5) is 0 Å². The first-order chi connectivity index (χ1) is 7.74. The van der Waals surface area contributed by atoms with Crippen LogP contribution in [0.5, 0.6) is 0 Å². The molecule has 17 heavy (non-hydrogen) atoms. The maximum atomic E-state index is 10.7. The van der Waals surface area contributed by atoms with Gasteiger partial charge in [-0.15, -0.1) is 0 Å². The largest absolute Gasteiger partial charge is 0.469 e. The molecule has 0 aromatic rings. The Bertz CT molecular complexity index is 275. The van der Waals surface area contributed by atoms with Crippen LogP contribution >= 0.6 is 7.82 Å². The number of phosphoric ester groups is 1. The lowest BCUT2D eigenvalue weighted by molar-refractivity contribution is -0.270. The van der Waals surface area contributed by atoms with Gasteiger partial charge in [0.1, 0.15) is 6.61 Å². The molecule has 0 amide bonds. The number of phosphoric acid groups is 1. The summed E-state index contributed by atoms with van der Waals surface area (Å²) in [5.41, 5.74) is 5.00. The third kappa shape index (κ3) is 17.8. The molecule has 0 aliphatic heterocycles. The van der Waals surface area contributed by atoms with Gasteiger partial charge in [0.15, 0.2) is 0 Å². The molecule has 0 atom stereocenters. The Labute approximate surface area is 99.5 Å². The van der Waals surface area contributed by atoms with Crippen molar-refractivity contribution in [3.8, 4) is 0 Å². The molecule has 0 saturated carbocycles. The van der Waals surface area contributed by atoms with Crippen molar-refractivity contribution >= 4 is 13.8 Å². The third-order valence-corrected chi connectivity index (χ3v) is 1.43. The molecule has 0 aliphatic carbocycles. The van der Waals surface area contributed by atoms with Crippen LogP contribution in [-0.2, 0) is 23.7 Å². The van der Waals surface area contributed by atoms with Crippen LogP contribution in [0.1, 0.15) is 13.8 Å². The molecule has 0 aromatic carbocycles. The van der Waals surface area contributed by atoms with Crippen molar-refractivity contribution < 1.29 is 33.4 Å². The van der Waals surface area contributed by atoms with E-state index >= 15 is 0 Å². The summed E-state index contributed by atoms with van der Waals surface area (Å²) in [5.74, 6) is -0.749. The van der Waals surface area contributed by atoms with Crippen LogP contribution in [-0.4, -0.2) is 35.5 Å². The van der Waals surface area contributed by atoms with E-state index < -0.39 is 13.8 Å². The van der Waals surface area contributed by atoms with Crippen molar-refractivity contribution in [2.24, 2.45) is 5.73 Å². The van der Waals surface area contributed by atoms with Crippen molar-refractivity contribution in [3.05, 3.63) is 12.2 Å². The van der Waals surface area contributed by atoms with Gasteiger partial charge in [-0.1, -0.05) is 13.5 Å². The predicted molar refractivity (Wildman–Crippen MR) is 59.6 cm³/mol. The molecule has 0 saturated heterocycles. The SMILES string of the molecule is C=C(C)C(=O)OOCCOP(=O)(O)O.CCN. The fourth-order valence-electron chi connectivity index (χ4n) is 0.357. The maximum absolute atomic E-state index is 10.7. The lowest BCUT2D eigenvalue weighted by Crippen LogP contribution is -2.09. The minimum absolute atomic E-state index is 0.154. The van der Waals surface area contributed by atoms with Gasteiger partial charge in [0.05, 0.1) is 6.61 Å². The quantitative estimate of drug-likeness (QED) is 0.204. The van der Waals surface area contributed by atoms with Crippen molar-refractivity contribution in [3.63, 3.8) is 0 Å². The standard InChI is InChI=1S/C6H11O7P.C2H7N/c1-5(2)6(7)13-11-3-4-12-14(8,9)10;1-2-3/h1,3-4H2,2H3,(H2,8,9,10);2-3H2,1H3. The second kappa shape index (κ2) is 10.4. The number of carbonyl (C=O) groups is 1. The van der Waals surface area contributed by atoms with Crippen LogP contribution in [0.3, 0.4) is 0 Å². The van der Waals surface area contributed by atoms with Crippen LogP contribution < -0.4 is 5.73 Å². The highest BCUT2D eigenvalue weighted by molar-refractivity contribution is 7.46. The normalized spacial score (nSPS) is 10.2. The first-order valence-electron chi connectivity index (χ1n) is 4.64. The van der Waals surface area contributed by atoms with E-state index in [1.165, 1.54) is 6.92 Å². The monoisotopic (exact) mass is 271 g/mol. The average molecular weight is 271 g/mol. The minimum atomic E-state index is -4.49. The summed E-state index contributed by atoms with van der Waals surface area (Å²) in [7, 11) is -4.49. The van der Waals surface area contributed by atoms with E-state index in [0.29, 0.717) is 0 Å². The summed E-state index contributed by atoms with van der Waals surface area (Å²) in [6, 6.07) is 0. The zero-order valence-corrected chi connectivity index (χ0v) is 10.7. The molecule has 0 bridgehead atoms. The Morgan fingerprint density at radius 2 is 1.88 bits per heavy atom. The minimum Gasteiger partial charge on any atom is -0.331 e. The van der Waals surface area contributed by atoms with E-state index in [2.05, 4.69) is 20.9 Å². The van der Waals surface area contributed by atoms with Gasteiger partial charge in [0.2, 0.25) is 0 Å². The molecule has 0 aromatic heterocycles. The Morgan fingerprint density at radius 1 is 1.41 bits per heavy atom.